The number of hydrogen-bond donors (Lipinski definition) is 2. The number of rotatable bonds is 8. The van der Waals surface area contributed by atoms with Gasteiger partial charge in [-0.15, -0.1) is 10.2 Å². The summed E-state index contributed by atoms with van der Waals surface area (Å²) < 4.78 is 0.880. The molecule has 1 heterocycles. The summed E-state index contributed by atoms with van der Waals surface area (Å²) in [5.41, 5.74) is -0.872. The van der Waals surface area contributed by atoms with Gasteiger partial charge in [-0.3, -0.25) is 10.1 Å². The third kappa shape index (κ3) is 4.55. The van der Waals surface area contributed by atoms with Crippen LogP contribution in [0.1, 0.15) is 33.1 Å². The van der Waals surface area contributed by atoms with E-state index in [2.05, 4.69) is 15.5 Å². The summed E-state index contributed by atoms with van der Waals surface area (Å²) in [6.07, 6.45) is 2.71. The number of anilines is 1. The topological polar surface area (TPSA) is 78.3 Å². The lowest BCUT2D eigenvalue weighted by molar-refractivity contribution is -0.144. The van der Waals surface area contributed by atoms with Crippen molar-refractivity contribution in [3.8, 4) is 0 Å². The Kier molecular flexibility index (Phi) is 5.11. The minimum absolute atomic E-state index is 0.153. The van der Waals surface area contributed by atoms with Crippen LogP contribution < -0.4 is 10.2 Å². The molecule has 0 aromatic carbocycles. The van der Waals surface area contributed by atoms with Gasteiger partial charge < -0.3 is 10.0 Å². The minimum Gasteiger partial charge on any atom is -0.480 e. The van der Waals surface area contributed by atoms with Gasteiger partial charge in [0, 0.05) is 25.4 Å². The summed E-state index contributed by atoms with van der Waals surface area (Å²) in [6.45, 7) is 3.81. The second-order valence-electron chi connectivity index (χ2n) is 5.93. The Morgan fingerprint density at radius 1 is 1.57 bits per heavy atom. The highest BCUT2D eigenvalue weighted by Crippen LogP contribution is 2.34. The number of hydrogen-bond acceptors (Lipinski definition) is 7. The quantitative estimate of drug-likeness (QED) is 0.706. The minimum atomic E-state index is -0.872. The molecule has 0 radical (unpaired) electrons. The molecule has 1 aliphatic carbocycles. The van der Waals surface area contributed by atoms with Gasteiger partial charge in [-0.05, 0) is 26.2 Å². The van der Waals surface area contributed by atoms with Crippen molar-refractivity contribution in [3.05, 3.63) is 0 Å². The molecule has 0 amide bonds. The summed E-state index contributed by atoms with van der Waals surface area (Å²) in [4.78, 5) is 13.5. The van der Waals surface area contributed by atoms with E-state index in [9.17, 15) is 9.90 Å². The first-order chi connectivity index (χ1) is 9.80. The lowest BCUT2D eigenvalue weighted by Crippen LogP contribution is -2.51. The molecule has 8 heteroatoms. The molecule has 1 aliphatic rings. The van der Waals surface area contributed by atoms with E-state index in [1.807, 2.05) is 25.9 Å². The smallest absolute Gasteiger partial charge is 0.323 e. The summed E-state index contributed by atoms with van der Waals surface area (Å²) in [5, 5.41) is 22.0. The molecule has 0 bridgehead atoms. The second kappa shape index (κ2) is 6.50. The summed E-state index contributed by atoms with van der Waals surface area (Å²) in [5.74, 6) is -0.784. The zero-order valence-corrected chi connectivity index (χ0v) is 14.4. The van der Waals surface area contributed by atoms with Gasteiger partial charge in [-0.2, -0.15) is 0 Å². The molecule has 1 aromatic rings. The Bertz CT molecular complexity index is 504. The van der Waals surface area contributed by atoms with Crippen LogP contribution >= 0.6 is 23.1 Å². The number of nitrogens with zero attached hydrogens (tertiary/aromatic N) is 3. The Morgan fingerprint density at radius 2 is 2.24 bits per heavy atom. The highest BCUT2D eigenvalue weighted by Gasteiger charge is 2.39. The van der Waals surface area contributed by atoms with Gasteiger partial charge in [0.05, 0.1) is 0 Å². The van der Waals surface area contributed by atoms with Gasteiger partial charge in [0.2, 0.25) is 5.13 Å². The van der Waals surface area contributed by atoms with E-state index in [4.69, 9.17) is 0 Å². The van der Waals surface area contributed by atoms with E-state index in [0.717, 1.165) is 22.3 Å². The molecule has 2 atom stereocenters. The Hall–Kier alpha value is -0.860. The zero-order valence-electron chi connectivity index (χ0n) is 12.8. The fourth-order valence-electron chi connectivity index (χ4n) is 2.11. The molecule has 2 N–H and O–H groups in total. The summed E-state index contributed by atoms with van der Waals surface area (Å²) in [7, 11) is 3.86. The number of carbonyl (C=O) groups is 1. The van der Waals surface area contributed by atoms with Crippen LogP contribution in [0.3, 0.4) is 0 Å². The third-order valence-electron chi connectivity index (χ3n) is 3.35. The lowest BCUT2D eigenvalue weighted by Gasteiger charge is -2.28. The first-order valence-corrected chi connectivity index (χ1v) is 8.68. The van der Waals surface area contributed by atoms with Crippen LogP contribution in [-0.2, 0) is 4.79 Å². The van der Waals surface area contributed by atoms with Crippen LogP contribution in [0.15, 0.2) is 4.34 Å². The fourth-order valence-corrected chi connectivity index (χ4v) is 4.37. The molecule has 2 unspecified atom stereocenters. The third-order valence-corrected chi connectivity index (χ3v) is 5.62. The maximum atomic E-state index is 11.6. The molecule has 0 spiro atoms. The van der Waals surface area contributed by atoms with Crippen molar-refractivity contribution in [2.24, 2.45) is 0 Å². The molecule has 21 heavy (non-hydrogen) atoms. The van der Waals surface area contributed by atoms with Crippen molar-refractivity contribution in [3.63, 3.8) is 0 Å². The molecule has 0 saturated heterocycles. The van der Waals surface area contributed by atoms with Gasteiger partial charge in [0.1, 0.15) is 5.54 Å². The van der Waals surface area contributed by atoms with E-state index in [1.54, 1.807) is 18.7 Å². The standard InChI is InChI=1S/C13H22N4O2S2/c1-8(20-12-16-15-11(21-12)17(3)4)7-13(2,10(18)19)14-9-5-6-9/h8-9,14H,5-7H2,1-4H3,(H,18,19). The maximum Gasteiger partial charge on any atom is 0.323 e. The van der Waals surface area contributed by atoms with Gasteiger partial charge in [0.15, 0.2) is 4.34 Å². The van der Waals surface area contributed by atoms with Crippen LogP contribution in [0.2, 0.25) is 0 Å². The van der Waals surface area contributed by atoms with Crippen molar-refractivity contribution in [1.29, 1.82) is 0 Å². The number of thioether (sulfide) groups is 1. The van der Waals surface area contributed by atoms with Crippen molar-refractivity contribution in [2.75, 3.05) is 19.0 Å². The van der Waals surface area contributed by atoms with Crippen LogP contribution in [0.25, 0.3) is 0 Å². The largest absolute Gasteiger partial charge is 0.480 e. The highest BCUT2D eigenvalue weighted by atomic mass is 32.2. The van der Waals surface area contributed by atoms with E-state index < -0.39 is 11.5 Å². The summed E-state index contributed by atoms with van der Waals surface area (Å²) >= 11 is 3.12. The van der Waals surface area contributed by atoms with Gasteiger partial charge in [-0.25, -0.2) is 0 Å². The molecule has 118 valence electrons. The predicted molar refractivity (Wildman–Crippen MR) is 86.4 cm³/mol. The Balaban J connectivity index is 1.94. The maximum absolute atomic E-state index is 11.6. The fraction of sp³-hybridized carbons (Fsp3) is 0.769. The zero-order chi connectivity index (χ0) is 15.6. The SMILES string of the molecule is CC(CC(C)(NC1CC1)C(=O)O)Sc1nnc(N(C)C)s1. The first-order valence-electron chi connectivity index (χ1n) is 6.99. The highest BCUT2D eigenvalue weighted by molar-refractivity contribution is 8.01. The van der Waals surface area contributed by atoms with Crippen LogP contribution in [0.5, 0.6) is 0 Å². The molecular weight excluding hydrogens is 308 g/mol. The van der Waals surface area contributed by atoms with E-state index >= 15 is 0 Å². The average molecular weight is 330 g/mol. The van der Waals surface area contributed by atoms with Crippen molar-refractivity contribution in [2.45, 2.75) is 54.3 Å². The first kappa shape index (κ1) is 16.5. The lowest BCUT2D eigenvalue weighted by atomic mass is 9.96. The number of carboxylic acid groups (broad SMARTS) is 1. The normalized spacial score (nSPS) is 19.0. The van der Waals surface area contributed by atoms with Crippen molar-refractivity contribution >= 4 is 34.2 Å². The molecular formula is C13H22N4O2S2. The van der Waals surface area contributed by atoms with Crippen LogP contribution in [-0.4, -0.2) is 52.2 Å². The predicted octanol–water partition coefficient (Wildman–Crippen LogP) is 2.07. The number of nitrogens with one attached hydrogen (secondary N) is 1. The molecule has 1 saturated carbocycles. The van der Waals surface area contributed by atoms with E-state index in [1.165, 1.54) is 11.3 Å². The molecule has 0 aliphatic heterocycles. The van der Waals surface area contributed by atoms with Gasteiger partial charge in [-0.1, -0.05) is 30.0 Å². The van der Waals surface area contributed by atoms with Crippen molar-refractivity contribution in [1.82, 2.24) is 15.5 Å². The van der Waals surface area contributed by atoms with Gasteiger partial charge in [0.25, 0.3) is 0 Å². The Labute approximate surface area is 133 Å². The second-order valence-corrected chi connectivity index (χ2v) is 8.57. The van der Waals surface area contributed by atoms with E-state index in [-0.39, 0.29) is 5.25 Å². The number of carboxylic acids is 1. The Morgan fingerprint density at radius 3 is 2.71 bits per heavy atom. The summed E-state index contributed by atoms with van der Waals surface area (Å²) in [6, 6.07) is 0.366. The average Bonchev–Trinajstić information content (AvgIpc) is 3.04. The van der Waals surface area contributed by atoms with Crippen molar-refractivity contribution < 1.29 is 9.90 Å². The molecule has 6 nitrogen and oxygen atoms in total. The van der Waals surface area contributed by atoms with E-state index in [0.29, 0.717) is 12.5 Å². The number of aliphatic carboxylic acids is 1. The molecule has 2 rings (SSSR count). The molecule has 1 aromatic heterocycles. The monoisotopic (exact) mass is 330 g/mol. The van der Waals surface area contributed by atoms with Gasteiger partial charge >= 0.3 is 5.97 Å². The molecule has 1 fully saturated rings. The number of aromatic nitrogens is 2. The van der Waals surface area contributed by atoms with Crippen LogP contribution in [0.4, 0.5) is 5.13 Å². The van der Waals surface area contributed by atoms with Crippen LogP contribution in [0, 0.1) is 0 Å².